The molecule has 1 aliphatic rings. The lowest BCUT2D eigenvalue weighted by atomic mass is 9.91. The number of nitrogens with one attached hydrogen (secondary N) is 3. The third-order valence-corrected chi connectivity index (χ3v) is 3.42. The molecule has 0 aliphatic heterocycles. The first-order valence-electron chi connectivity index (χ1n) is 6.75. The summed E-state index contributed by atoms with van der Waals surface area (Å²) in [6, 6.07) is 9.15. The van der Waals surface area contributed by atoms with E-state index in [4.69, 9.17) is 5.11 Å². The number of benzene rings is 1. The summed E-state index contributed by atoms with van der Waals surface area (Å²) in [6.45, 7) is 0. The second-order valence-corrected chi connectivity index (χ2v) is 4.96. The van der Waals surface area contributed by atoms with E-state index in [1.54, 1.807) is 0 Å². The number of amides is 3. The van der Waals surface area contributed by atoms with Crippen LogP contribution in [0, 0.1) is 0 Å². The summed E-state index contributed by atoms with van der Waals surface area (Å²) < 4.78 is 0. The number of hydrogen-bond donors (Lipinski definition) is 4. The van der Waals surface area contributed by atoms with Gasteiger partial charge in [0.05, 0.1) is 0 Å². The normalized spacial score (nSPS) is 21.8. The van der Waals surface area contributed by atoms with Crippen molar-refractivity contribution in [3.63, 3.8) is 0 Å². The van der Waals surface area contributed by atoms with Gasteiger partial charge in [0, 0.05) is 17.8 Å². The third kappa shape index (κ3) is 4.46. The van der Waals surface area contributed by atoms with E-state index >= 15 is 0 Å². The SMILES string of the molecule is O=C(O)NC1CCC(NC(=O)Nc2ccccc2)CC1. The van der Waals surface area contributed by atoms with Crippen molar-refractivity contribution in [3.8, 4) is 0 Å². The predicted molar refractivity (Wildman–Crippen MR) is 75.8 cm³/mol. The zero-order chi connectivity index (χ0) is 14.4. The molecule has 6 nitrogen and oxygen atoms in total. The summed E-state index contributed by atoms with van der Waals surface area (Å²) in [5.41, 5.74) is 0.756. The van der Waals surface area contributed by atoms with Crippen molar-refractivity contribution >= 4 is 17.8 Å². The number of carbonyl (C=O) groups excluding carboxylic acids is 1. The van der Waals surface area contributed by atoms with Gasteiger partial charge < -0.3 is 21.1 Å². The maximum absolute atomic E-state index is 11.8. The van der Waals surface area contributed by atoms with Crippen LogP contribution in [0.1, 0.15) is 25.7 Å². The van der Waals surface area contributed by atoms with Crippen LogP contribution in [0.25, 0.3) is 0 Å². The summed E-state index contributed by atoms with van der Waals surface area (Å²) >= 11 is 0. The van der Waals surface area contributed by atoms with Gasteiger partial charge in [-0.05, 0) is 37.8 Å². The minimum Gasteiger partial charge on any atom is -0.465 e. The molecule has 2 rings (SSSR count). The van der Waals surface area contributed by atoms with Gasteiger partial charge in [0.2, 0.25) is 0 Å². The molecule has 20 heavy (non-hydrogen) atoms. The Morgan fingerprint density at radius 2 is 1.50 bits per heavy atom. The van der Waals surface area contributed by atoms with E-state index in [2.05, 4.69) is 16.0 Å². The van der Waals surface area contributed by atoms with Crippen molar-refractivity contribution in [1.82, 2.24) is 10.6 Å². The number of rotatable bonds is 3. The molecule has 1 aliphatic carbocycles. The molecule has 4 N–H and O–H groups in total. The molecule has 0 heterocycles. The van der Waals surface area contributed by atoms with Crippen LogP contribution in [0.15, 0.2) is 30.3 Å². The van der Waals surface area contributed by atoms with Crippen LogP contribution in [0.3, 0.4) is 0 Å². The molecular formula is C14H19N3O3. The van der Waals surface area contributed by atoms with Crippen molar-refractivity contribution in [2.45, 2.75) is 37.8 Å². The molecule has 6 heteroatoms. The molecule has 108 valence electrons. The highest BCUT2D eigenvalue weighted by atomic mass is 16.4. The van der Waals surface area contributed by atoms with Crippen LogP contribution in [0.2, 0.25) is 0 Å². The van der Waals surface area contributed by atoms with Crippen molar-refractivity contribution in [1.29, 1.82) is 0 Å². The van der Waals surface area contributed by atoms with Crippen LogP contribution in [0.4, 0.5) is 15.3 Å². The summed E-state index contributed by atoms with van der Waals surface area (Å²) in [5.74, 6) is 0. The molecule has 0 unspecified atom stereocenters. The number of anilines is 1. The highest BCUT2D eigenvalue weighted by Crippen LogP contribution is 2.18. The molecule has 0 atom stereocenters. The van der Waals surface area contributed by atoms with E-state index in [-0.39, 0.29) is 18.1 Å². The fourth-order valence-electron chi connectivity index (χ4n) is 2.43. The zero-order valence-electron chi connectivity index (χ0n) is 11.1. The largest absolute Gasteiger partial charge is 0.465 e. The van der Waals surface area contributed by atoms with Gasteiger partial charge >= 0.3 is 12.1 Å². The fourth-order valence-corrected chi connectivity index (χ4v) is 2.43. The Labute approximate surface area is 117 Å². The average molecular weight is 277 g/mol. The predicted octanol–water partition coefficient (Wildman–Crippen LogP) is 2.39. The zero-order valence-corrected chi connectivity index (χ0v) is 11.1. The second-order valence-electron chi connectivity index (χ2n) is 4.96. The summed E-state index contributed by atoms with van der Waals surface area (Å²) in [6.07, 6.45) is 2.09. The van der Waals surface area contributed by atoms with Crippen LogP contribution in [-0.2, 0) is 0 Å². The Balaban J connectivity index is 1.72. The van der Waals surface area contributed by atoms with Gasteiger partial charge in [-0.2, -0.15) is 0 Å². The van der Waals surface area contributed by atoms with Crippen LogP contribution in [0.5, 0.6) is 0 Å². The Morgan fingerprint density at radius 1 is 0.950 bits per heavy atom. The van der Waals surface area contributed by atoms with Gasteiger partial charge in [0.1, 0.15) is 0 Å². The summed E-state index contributed by atoms with van der Waals surface area (Å²) in [7, 11) is 0. The van der Waals surface area contributed by atoms with Gasteiger partial charge in [0.15, 0.2) is 0 Å². The van der Waals surface area contributed by atoms with Crippen LogP contribution >= 0.6 is 0 Å². The Kier molecular flexibility index (Phi) is 4.81. The quantitative estimate of drug-likeness (QED) is 0.683. The highest BCUT2D eigenvalue weighted by molar-refractivity contribution is 5.89. The van der Waals surface area contributed by atoms with E-state index in [0.29, 0.717) is 0 Å². The molecule has 0 radical (unpaired) electrons. The topological polar surface area (TPSA) is 90.5 Å². The monoisotopic (exact) mass is 277 g/mol. The molecule has 0 aromatic heterocycles. The van der Waals surface area contributed by atoms with Crippen molar-refractivity contribution < 1.29 is 14.7 Å². The number of hydrogen-bond acceptors (Lipinski definition) is 2. The summed E-state index contributed by atoms with van der Waals surface area (Å²) in [4.78, 5) is 22.3. The van der Waals surface area contributed by atoms with E-state index in [1.165, 1.54) is 0 Å². The van der Waals surface area contributed by atoms with Gasteiger partial charge in [-0.15, -0.1) is 0 Å². The van der Waals surface area contributed by atoms with Gasteiger partial charge in [-0.3, -0.25) is 0 Å². The van der Waals surface area contributed by atoms with Crippen molar-refractivity contribution in [2.24, 2.45) is 0 Å². The average Bonchev–Trinajstić information content (AvgIpc) is 2.41. The standard InChI is InChI=1S/C14H19N3O3/c18-13(15-10-4-2-1-3-5-10)16-11-6-8-12(9-7-11)17-14(19)20/h1-5,11-12,17H,6-9H2,(H,19,20)(H2,15,16,18). The van der Waals surface area contributed by atoms with Gasteiger partial charge in [0.25, 0.3) is 0 Å². The molecule has 1 aromatic rings. The first-order chi connectivity index (χ1) is 9.63. The molecule has 0 spiro atoms. The smallest absolute Gasteiger partial charge is 0.404 e. The van der Waals surface area contributed by atoms with Gasteiger partial charge in [-0.25, -0.2) is 9.59 Å². The Bertz CT molecular complexity index is 456. The first kappa shape index (κ1) is 14.2. The van der Waals surface area contributed by atoms with E-state index in [0.717, 1.165) is 31.4 Å². The molecule has 0 bridgehead atoms. The lowest BCUT2D eigenvalue weighted by molar-refractivity contribution is 0.183. The number of para-hydroxylation sites is 1. The van der Waals surface area contributed by atoms with Crippen LogP contribution in [-0.4, -0.2) is 29.3 Å². The molecule has 3 amide bonds. The molecule has 1 saturated carbocycles. The first-order valence-corrected chi connectivity index (χ1v) is 6.75. The minimum atomic E-state index is -0.983. The minimum absolute atomic E-state index is 0.00253. The molecule has 0 saturated heterocycles. The fraction of sp³-hybridized carbons (Fsp3) is 0.429. The van der Waals surface area contributed by atoms with E-state index < -0.39 is 6.09 Å². The maximum atomic E-state index is 11.8. The van der Waals surface area contributed by atoms with Gasteiger partial charge in [-0.1, -0.05) is 18.2 Å². The van der Waals surface area contributed by atoms with Crippen molar-refractivity contribution in [2.75, 3.05) is 5.32 Å². The summed E-state index contributed by atoms with van der Waals surface area (Å²) in [5, 5.41) is 16.8. The maximum Gasteiger partial charge on any atom is 0.404 e. The molecule has 1 aromatic carbocycles. The lowest BCUT2D eigenvalue weighted by Gasteiger charge is -2.28. The van der Waals surface area contributed by atoms with E-state index in [1.807, 2.05) is 30.3 Å². The Morgan fingerprint density at radius 3 is 2.05 bits per heavy atom. The van der Waals surface area contributed by atoms with Crippen molar-refractivity contribution in [3.05, 3.63) is 30.3 Å². The molecule has 1 fully saturated rings. The Hall–Kier alpha value is -2.24. The number of carbonyl (C=O) groups is 2. The van der Waals surface area contributed by atoms with Crippen LogP contribution < -0.4 is 16.0 Å². The number of carboxylic acid groups (broad SMARTS) is 1. The van der Waals surface area contributed by atoms with E-state index in [9.17, 15) is 9.59 Å². The number of urea groups is 1. The third-order valence-electron chi connectivity index (χ3n) is 3.42. The molecular weight excluding hydrogens is 258 g/mol. The second kappa shape index (κ2) is 6.79. The highest BCUT2D eigenvalue weighted by Gasteiger charge is 2.23. The lowest BCUT2D eigenvalue weighted by Crippen LogP contribution is -2.44.